The van der Waals surface area contributed by atoms with Crippen LogP contribution in [0.2, 0.25) is 0 Å². The van der Waals surface area contributed by atoms with Crippen LogP contribution in [0.3, 0.4) is 0 Å². The molecule has 94 valence electrons. The van der Waals surface area contributed by atoms with Gasteiger partial charge in [-0.2, -0.15) is 0 Å². The van der Waals surface area contributed by atoms with Crippen LogP contribution in [0.15, 0.2) is 0 Å². The number of amides is 1. The normalized spacial score (nSPS) is 17.9. The molecule has 0 spiro atoms. The number of nitrogens with two attached hydrogens (primary N) is 1. The number of carbonyl (C=O) groups excluding carboxylic acids is 1. The van der Waals surface area contributed by atoms with Gasteiger partial charge in [0, 0.05) is 18.5 Å². The lowest BCUT2D eigenvalue weighted by molar-refractivity contribution is -0.139. The Morgan fingerprint density at radius 1 is 1.50 bits per heavy atom. The Bertz CT molecular complexity index is 214. The number of nitrogens with zero attached hydrogens (tertiary/aromatic N) is 1. The van der Waals surface area contributed by atoms with Crippen LogP contribution in [0.25, 0.3) is 0 Å². The molecule has 1 aliphatic rings. The molecule has 1 rings (SSSR count). The first-order valence-corrected chi connectivity index (χ1v) is 6.71. The van der Waals surface area contributed by atoms with Crippen LogP contribution in [0.4, 0.5) is 0 Å². The molecule has 1 fully saturated rings. The lowest BCUT2D eigenvalue weighted by atomic mass is 9.90. The van der Waals surface area contributed by atoms with Gasteiger partial charge in [0.15, 0.2) is 0 Å². The summed E-state index contributed by atoms with van der Waals surface area (Å²) in [6.45, 7) is 5.73. The van der Waals surface area contributed by atoms with Crippen LogP contribution in [-0.2, 0) is 4.79 Å². The van der Waals surface area contributed by atoms with E-state index < -0.39 is 0 Å². The van der Waals surface area contributed by atoms with E-state index in [2.05, 4.69) is 18.7 Å². The fourth-order valence-electron chi connectivity index (χ4n) is 2.27. The second-order valence-electron chi connectivity index (χ2n) is 4.95. The number of hydrogen-bond acceptors (Lipinski definition) is 2. The van der Waals surface area contributed by atoms with Crippen molar-refractivity contribution in [3.05, 3.63) is 0 Å². The Hall–Kier alpha value is -0.570. The summed E-state index contributed by atoms with van der Waals surface area (Å²) in [5.41, 5.74) is 5.53. The molecule has 0 bridgehead atoms. The Morgan fingerprint density at radius 2 is 2.19 bits per heavy atom. The third-order valence-electron chi connectivity index (χ3n) is 3.54. The van der Waals surface area contributed by atoms with Gasteiger partial charge in [-0.25, -0.2) is 0 Å². The van der Waals surface area contributed by atoms with Gasteiger partial charge < -0.3 is 10.6 Å². The molecule has 1 saturated carbocycles. The van der Waals surface area contributed by atoms with Gasteiger partial charge in [-0.1, -0.05) is 20.3 Å². The molecule has 1 aliphatic carbocycles. The van der Waals surface area contributed by atoms with Crippen LogP contribution >= 0.6 is 0 Å². The molecule has 0 heterocycles. The van der Waals surface area contributed by atoms with Gasteiger partial charge in [-0.3, -0.25) is 4.79 Å². The van der Waals surface area contributed by atoms with E-state index in [0.717, 1.165) is 25.8 Å². The maximum absolute atomic E-state index is 12.3. The monoisotopic (exact) mass is 226 g/mol. The van der Waals surface area contributed by atoms with E-state index >= 15 is 0 Å². The molecule has 16 heavy (non-hydrogen) atoms. The van der Waals surface area contributed by atoms with Gasteiger partial charge in [0.2, 0.25) is 5.91 Å². The highest BCUT2D eigenvalue weighted by atomic mass is 16.2. The summed E-state index contributed by atoms with van der Waals surface area (Å²) >= 11 is 0. The van der Waals surface area contributed by atoms with Crippen molar-refractivity contribution in [2.75, 3.05) is 13.1 Å². The maximum Gasteiger partial charge on any atom is 0.225 e. The van der Waals surface area contributed by atoms with E-state index in [1.165, 1.54) is 19.3 Å². The standard InChI is InChI=1S/C13H26N2O/c1-3-6-11(2)13(16)15(10-5-9-14)12-7-4-8-12/h11-12H,3-10,14H2,1-2H3. The second kappa shape index (κ2) is 6.89. The SMILES string of the molecule is CCCC(C)C(=O)N(CCCN)C1CCC1. The molecule has 1 atom stereocenters. The zero-order valence-corrected chi connectivity index (χ0v) is 10.7. The Balaban J connectivity index is 2.49. The average Bonchev–Trinajstić information content (AvgIpc) is 2.20. The first-order chi connectivity index (χ1) is 7.70. The lowest BCUT2D eigenvalue weighted by Gasteiger charge is -2.39. The summed E-state index contributed by atoms with van der Waals surface area (Å²) in [6, 6.07) is 0.512. The zero-order valence-electron chi connectivity index (χ0n) is 10.7. The van der Waals surface area contributed by atoms with Crippen LogP contribution in [0.5, 0.6) is 0 Å². The molecule has 1 unspecified atom stereocenters. The second-order valence-corrected chi connectivity index (χ2v) is 4.95. The highest BCUT2D eigenvalue weighted by molar-refractivity contribution is 5.78. The smallest absolute Gasteiger partial charge is 0.225 e. The minimum absolute atomic E-state index is 0.184. The highest BCUT2D eigenvalue weighted by Crippen LogP contribution is 2.26. The van der Waals surface area contributed by atoms with Gasteiger partial charge in [0.25, 0.3) is 0 Å². The van der Waals surface area contributed by atoms with Crippen LogP contribution in [0.1, 0.15) is 52.4 Å². The molecule has 1 amide bonds. The Kier molecular flexibility index (Phi) is 5.81. The molecular formula is C13H26N2O. The number of hydrogen-bond donors (Lipinski definition) is 1. The molecule has 2 N–H and O–H groups in total. The molecule has 0 aromatic carbocycles. The summed E-state index contributed by atoms with van der Waals surface area (Å²) in [5, 5.41) is 0. The molecule has 0 saturated heterocycles. The van der Waals surface area contributed by atoms with Gasteiger partial charge >= 0.3 is 0 Å². The van der Waals surface area contributed by atoms with Crippen molar-refractivity contribution >= 4 is 5.91 Å². The van der Waals surface area contributed by atoms with Crippen molar-refractivity contribution in [1.82, 2.24) is 4.90 Å². The third-order valence-corrected chi connectivity index (χ3v) is 3.54. The van der Waals surface area contributed by atoms with E-state index in [4.69, 9.17) is 5.73 Å². The molecular weight excluding hydrogens is 200 g/mol. The summed E-state index contributed by atoms with van der Waals surface area (Å²) < 4.78 is 0. The third kappa shape index (κ3) is 3.48. The molecule has 0 radical (unpaired) electrons. The number of carbonyl (C=O) groups is 1. The van der Waals surface area contributed by atoms with E-state index in [9.17, 15) is 4.79 Å². The van der Waals surface area contributed by atoms with Crippen LogP contribution in [-0.4, -0.2) is 29.9 Å². The van der Waals surface area contributed by atoms with Crippen LogP contribution < -0.4 is 5.73 Å². The molecule has 0 aromatic heterocycles. The quantitative estimate of drug-likeness (QED) is 0.723. The Labute approximate surface area is 99.4 Å². The molecule has 3 heteroatoms. The van der Waals surface area contributed by atoms with E-state index in [1.54, 1.807) is 0 Å². The fraction of sp³-hybridized carbons (Fsp3) is 0.923. The topological polar surface area (TPSA) is 46.3 Å². The Morgan fingerprint density at radius 3 is 2.62 bits per heavy atom. The summed E-state index contributed by atoms with van der Waals surface area (Å²) in [5.74, 6) is 0.531. The summed E-state index contributed by atoms with van der Waals surface area (Å²) in [6.07, 6.45) is 6.68. The minimum Gasteiger partial charge on any atom is -0.339 e. The van der Waals surface area contributed by atoms with E-state index in [-0.39, 0.29) is 5.92 Å². The molecule has 0 aliphatic heterocycles. The predicted octanol–water partition coefficient (Wildman–Crippen LogP) is 2.15. The minimum atomic E-state index is 0.184. The molecule has 3 nitrogen and oxygen atoms in total. The van der Waals surface area contributed by atoms with Crippen molar-refractivity contribution in [2.24, 2.45) is 11.7 Å². The van der Waals surface area contributed by atoms with E-state index in [0.29, 0.717) is 18.5 Å². The first kappa shape index (κ1) is 13.5. The molecule has 0 aromatic rings. The van der Waals surface area contributed by atoms with Gasteiger partial charge in [0.1, 0.15) is 0 Å². The number of rotatable bonds is 7. The van der Waals surface area contributed by atoms with Crippen molar-refractivity contribution in [2.45, 2.75) is 58.4 Å². The van der Waals surface area contributed by atoms with Gasteiger partial charge in [-0.15, -0.1) is 0 Å². The van der Waals surface area contributed by atoms with Crippen molar-refractivity contribution < 1.29 is 4.79 Å². The largest absolute Gasteiger partial charge is 0.339 e. The van der Waals surface area contributed by atoms with Crippen molar-refractivity contribution in [3.8, 4) is 0 Å². The maximum atomic E-state index is 12.3. The van der Waals surface area contributed by atoms with Gasteiger partial charge in [-0.05, 0) is 38.6 Å². The fourth-order valence-corrected chi connectivity index (χ4v) is 2.27. The lowest BCUT2D eigenvalue weighted by Crippen LogP contribution is -2.47. The summed E-state index contributed by atoms with van der Waals surface area (Å²) in [7, 11) is 0. The summed E-state index contributed by atoms with van der Waals surface area (Å²) in [4.78, 5) is 14.4. The van der Waals surface area contributed by atoms with Gasteiger partial charge in [0.05, 0.1) is 0 Å². The van der Waals surface area contributed by atoms with Crippen molar-refractivity contribution in [1.29, 1.82) is 0 Å². The van der Waals surface area contributed by atoms with E-state index in [1.807, 2.05) is 0 Å². The average molecular weight is 226 g/mol. The van der Waals surface area contributed by atoms with Crippen molar-refractivity contribution in [3.63, 3.8) is 0 Å². The highest BCUT2D eigenvalue weighted by Gasteiger charge is 2.30. The zero-order chi connectivity index (χ0) is 12.0. The van der Waals surface area contributed by atoms with Crippen LogP contribution in [0, 0.1) is 5.92 Å². The predicted molar refractivity (Wildman–Crippen MR) is 67.1 cm³/mol. The first-order valence-electron chi connectivity index (χ1n) is 6.71.